The maximum atomic E-state index is 7.51. The highest BCUT2D eigenvalue weighted by atomic mass is 16.3. The molecule has 0 radical (unpaired) electrons. The summed E-state index contributed by atoms with van der Waals surface area (Å²) in [6, 6.07) is 72.5. The van der Waals surface area contributed by atoms with Crippen LogP contribution in [0.3, 0.4) is 0 Å². The van der Waals surface area contributed by atoms with Crippen molar-refractivity contribution >= 4 is 82.9 Å². The van der Waals surface area contributed by atoms with E-state index in [1.165, 1.54) is 44.5 Å². The van der Waals surface area contributed by atoms with E-state index in [1.807, 2.05) is 18.2 Å². The topological polar surface area (TPSA) is 42.7 Å². The van der Waals surface area contributed by atoms with Crippen molar-refractivity contribution in [3.05, 3.63) is 222 Å². The maximum Gasteiger partial charge on any atom is 0.159 e. The second kappa shape index (κ2) is 14.0. The van der Waals surface area contributed by atoms with Crippen molar-refractivity contribution < 1.29 is 13.3 Å². The lowest BCUT2D eigenvalue weighted by Crippen LogP contribution is -2.16. The van der Waals surface area contributed by atoms with E-state index in [2.05, 4.69) is 215 Å². The van der Waals surface area contributed by atoms with Crippen LogP contribution >= 0.6 is 0 Å². The van der Waals surface area contributed by atoms with Gasteiger partial charge < -0.3 is 18.2 Å². The van der Waals surface area contributed by atoms with E-state index >= 15 is 0 Å². The number of hydrogen-bond donors (Lipinski definition) is 0. The maximum absolute atomic E-state index is 7.51. The normalized spacial score (nSPS) is 14.2. The predicted octanol–water partition coefficient (Wildman–Crippen LogP) is 18.8. The van der Waals surface area contributed by atoms with Gasteiger partial charge in [-0.25, -0.2) is 0 Å². The lowest BCUT2D eigenvalue weighted by atomic mass is 9.81. The molecule has 0 spiro atoms. The molecule has 4 nitrogen and oxygen atoms in total. The van der Waals surface area contributed by atoms with Crippen molar-refractivity contribution in [2.24, 2.45) is 0 Å². The Labute approximate surface area is 404 Å². The lowest BCUT2D eigenvalue weighted by Gasteiger charge is -2.28. The molecular weight excluding hydrogens is 855 g/mol. The number of rotatable bonds is 5. The molecule has 0 saturated heterocycles. The number of benzene rings is 10. The standard InChI is InChI=1S/C66H45NO3/c1-65(2)52-22-9-5-15-43(52)45-33-29-39(35-54(45)65)60-61-50-18-8-12-26-58(50)68-59(61)37-51-49-21-14-24-56(63(49)70-64(51)60)67(41-32-34-46-44-16-6-10-23-53(44)66(3,4)55(46)36-41)40-30-27-38(28-31-40)42-19-13-20-48-47-17-7-11-25-57(47)69-62(42)48/h5-37H,1-4H3. The van der Waals surface area contributed by atoms with Crippen LogP contribution in [0.15, 0.2) is 213 Å². The van der Waals surface area contributed by atoms with Crippen LogP contribution in [-0.2, 0) is 10.8 Å². The number of furan rings is 3. The molecule has 3 heterocycles. The van der Waals surface area contributed by atoms with Crippen molar-refractivity contribution in [1.29, 1.82) is 0 Å². The number of hydrogen-bond acceptors (Lipinski definition) is 4. The zero-order valence-corrected chi connectivity index (χ0v) is 39.2. The van der Waals surface area contributed by atoms with E-state index in [0.29, 0.717) is 0 Å². The summed E-state index contributed by atoms with van der Waals surface area (Å²) < 4.78 is 20.8. The molecule has 15 rings (SSSR count). The van der Waals surface area contributed by atoms with Crippen LogP contribution in [0.1, 0.15) is 49.9 Å². The fraction of sp³-hybridized carbons (Fsp3) is 0.0909. The van der Waals surface area contributed by atoms with Gasteiger partial charge in [-0.1, -0.05) is 173 Å². The van der Waals surface area contributed by atoms with Crippen LogP contribution in [0, 0.1) is 0 Å². The highest BCUT2D eigenvalue weighted by molar-refractivity contribution is 6.24. The first-order valence-corrected chi connectivity index (χ1v) is 24.3. The first-order valence-electron chi connectivity index (χ1n) is 24.3. The summed E-state index contributed by atoms with van der Waals surface area (Å²) in [7, 11) is 0. The smallest absolute Gasteiger partial charge is 0.159 e. The Kier molecular flexibility index (Phi) is 7.88. The highest BCUT2D eigenvalue weighted by Crippen LogP contribution is 2.54. The van der Waals surface area contributed by atoms with E-state index in [1.54, 1.807) is 0 Å². The molecule has 0 N–H and O–H groups in total. The molecule has 2 aliphatic rings. The van der Waals surface area contributed by atoms with Gasteiger partial charge in [-0.2, -0.15) is 0 Å². The molecule has 0 saturated carbocycles. The minimum absolute atomic E-state index is 0.172. The largest absolute Gasteiger partial charge is 0.456 e. The summed E-state index contributed by atoms with van der Waals surface area (Å²) in [6.45, 7) is 9.38. The summed E-state index contributed by atoms with van der Waals surface area (Å²) in [5.74, 6) is 0. The lowest BCUT2D eigenvalue weighted by molar-refractivity contribution is 0.659. The average Bonchev–Trinajstić information content (AvgIpc) is 4.18. The number of anilines is 3. The van der Waals surface area contributed by atoms with Gasteiger partial charge in [0.2, 0.25) is 0 Å². The summed E-state index contributed by atoms with van der Waals surface area (Å²) in [5.41, 5.74) is 22.6. The van der Waals surface area contributed by atoms with Crippen LogP contribution in [-0.4, -0.2) is 0 Å². The Bertz CT molecular complexity index is 4360. The van der Waals surface area contributed by atoms with E-state index in [-0.39, 0.29) is 10.8 Å². The Morgan fingerprint density at radius 1 is 0.329 bits per heavy atom. The molecule has 0 unspecified atom stereocenters. The van der Waals surface area contributed by atoms with Gasteiger partial charge in [0.25, 0.3) is 0 Å². The van der Waals surface area contributed by atoms with E-state index in [9.17, 15) is 0 Å². The van der Waals surface area contributed by atoms with Crippen LogP contribution in [0.25, 0.3) is 110 Å². The summed E-state index contributed by atoms with van der Waals surface area (Å²) in [6.07, 6.45) is 0. The molecule has 4 heteroatoms. The van der Waals surface area contributed by atoms with E-state index < -0.39 is 0 Å². The summed E-state index contributed by atoms with van der Waals surface area (Å²) >= 11 is 0. The molecule has 10 aromatic carbocycles. The van der Waals surface area contributed by atoms with Gasteiger partial charge >= 0.3 is 0 Å². The van der Waals surface area contributed by atoms with Gasteiger partial charge in [0.05, 0.1) is 5.69 Å². The third-order valence-corrected chi connectivity index (χ3v) is 15.9. The van der Waals surface area contributed by atoms with Crippen LogP contribution in [0.5, 0.6) is 0 Å². The Hall–Kier alpha value is -8.60. The average molecular weight is 900 g/mol. The molecule has 0 aliphatic heterocycles. The summed E-state index contributed by atoms with van der Waals surface area (Å²) in [4.78, 5) is 2.38. The Balaban J connectivity index is 0.965. The van der Waals surface area contributed by atoms with E-state index in [4.69, 9.17) is 13.3 Å². The molecular formula is C66H45NO3. The minimum atomic E-state index is -0.189. The summed E-state index contributed by atoms with van der Waals surface area (Å²) in [5, 5.41) is 6.41. The molecule has 0 bridgehead atoms. The first-order chi connectivity index (χ1) is 34.2. The minimum Gasteiger partial charge on any atom is -0.456 e. The zero-order valence-electron chi connectivity index (χ0n) is 39.2. The van der Waals surface area contributed by atoms with Crippen LogP contribution < -0.4 is 4.90 Å². The second-order valence-electron chi connectivity index (χ2n) is 20.3. The third kappa shape index (κ3) is 5.31. The van der Waals surface area contributed by atoms with Crippen molar-refractivity contribution in [1.82, 2.24) is 0 Å². The fourth-order valence-corrected chi connectivity index (χ4v) is 12.5. The van der Waals surface area contributed by atoms with Gasteiger partial charge in [-0.3, -0.25) is 0 Å². The molecule has 13 aromatic rings. The molecule has 0 atom stereocenters. The molecule has 70 heavy (non-hydrogen) atoms. The quantitative estimate of drug-likeness (QED) is 0.173. The zero-order chi connectivity index (χ0) is 46.6. The molecule has 2 aliphatic carbocycles. The first kappa shape index (κ1) is 39.4. The van der Waals surface area contributed by atoms with Gasteiger partial charge in [-0.15, -0.1) is 0 Å². The molecule has 3 aromatic heterocycles. The van der Waals surface area contributed by atoms with E-state index in [0.717, 1.165) is 105 Å². The van der Waals surface area contributed by atoms with Crippen molar-refractivity contribution in [2.75, 3.05) is 4.90 Å². The molecule has 0 amide bonds. The Morgan fingerprint density at radius 2 is 0.871 bits per heavy atom. The van der Waals surface area contributed by atoms with Gasteiger partial charge in [0, 0.05) is 65.6 Å². The molecule has 0 fully saturated rings. The van der Waals surface area contributed by atoms with Gasteiger partial charge in [0.1, 0.15) is 27.9 Å². The van der Waals surface area contributed by atoms with Crippen molar-refractivity contribution in [3.8, 4) is 44.5 Å². The number of para-hydroxylation sites is 4. The van der Waals surface area contributed by atoms with Crippen molar-refractivity contribution in [2.45, 2.75) is 38.5 Å². The number of nitrogens with zero attached hydrogens (tertiary/aromatic N) is 1. The van der Waals surface area contributed by atoms with Crippen LogP contribution in [0.4, 0.5) is 17.1 Å². The van der Waals surface area contributed by atoms with Crippen LogP contribution in [0.2, 0.25) is 0 Å². The predicted molar refractivity (Wildman–Crippen MR) is 289 cm³/mol. The molecule has 332 valence electrons. The van der Waals surface area contributed by atoms with Crippen molar-refractivity contribution in [3.63, 3.8) is 0 Å². The SMILES string of the molecule is CC1(C)c2ccccc2-c2ccc(-c3c4oc5c(N(c6ccc(-c7cccc8c7oc7ccccc78)cc6)c6ccc7c(c6)C(C)(C)c6ccccc6-7)cccc5c4cc4oc5ccccc5c34)cc21. The number of fused-ring (bicyclic) bond motifs is 15. The third-order valence-electron chi connectivity index (χ3n) is 15.9. The monoisotopic (exact) mass is 899 g/mol. The Morgan fingerprint density at radius 3 is 1.61 bits per heavy atom. The van der Waals surface area contributed by atoms with Gasteiger partial charge in [0.15, 0.2) is 5.58 Å². The highest BCUT2D eigenvalue weighted by Gasteiger charge is 2.38. The van der Waals surface area contributed by atoms with Gasteiger partial charge in [-0.05, 0) is 110 Å². The fourth-order valence-electron chi connectivity index (χ4n) is 12.5. The second-order valence-corrected chi connectivity index (χ2v) is 20.3.